The highest BCUT2D eigenvalue weighted by Crippen LogP contribution is 2.35. The van der Waals surface area contributed by atoms with Crippen molar-refractivity contribution in [3.63, 3.8) is 0 Å². The van der Waals surface area contributed by atoms with Gasteiger partial charge in [-0.15, -0.1) is 0 Å². The first-order valence-corrected chi connectivity index (χ1v) is 13.8. The summed E-state index contributed by atoms with van der Waals surface area (Å²) in [5.74, 6) is -0.164. The minimum Gasteiger partial charge on any atom is -0.325 e. The van der Waals surface area contributed by atoms with E-state index in [0.717, 1.165) is 42.5 Å². The van der Waals surface area contributed by atoms with Crippen molar-refractivity contribution in [3.05, 3.63) is 84.1 Å². The minimum atomic E-state index is -3.56. The molecule has 0 bridgehead atoms. The molecule has 8 heteroatoms. The molecule has 1 N–H and O–H groups in total. The molecule has 1 aliphatic rings. The molecular formula is C26H29N3O3S2. The number of nitrogens with one attached hydrogen (secondary N) is 1. The third kappa shape index (κ3) is 6.05. The number of sulfonamides is 1. The van der Waals surface area contributed by atoms with E-state index in [1.807, 2.05) is 61.5 Å². The van der Waals surface area contributed by atoms with Crippen molar-refractivity contribution in [1.82, 2.24) is 9.29 Å². The first-order valence-electron chi connectivity index (χ1n) is 11.5. The Morgan fingerprint density at radius 3 is 2.24 bits per heavy atom. The average molecular weight is 496 g/mol. The van der Waals surface area contributed by atoms with Crippen molar-refractivity contribution in [2.75, 3.05) is 18.4 Å². The van der Waals surface area contributed by atoms with Crippen molar-refractivity contribution >= 4 is 33.4 Å². The summed E-state index contributed by atoms with van der Waals surface area (Å²) in [5.41, 5.74) is 2.69. The van der Waals surface area contributed by atoms with Gasteiger partial charge in [-0.1, -0.05) is 72.6 Å². The molecule has 1 aliphatic heterocycles. The van der Waals surface area contributed by atoms with Gasteiger partial charge in [-0.3, -0.25) is 4.79 Å². The zero-order valence-electron chi connectivity index (χ0n) is 19.2. The van der Waals surface area contributed by atoms with Crippen LogP contribution in [0.4, 0.5) is 5.69 Å². The Balaban J connectivity index is 1.53. The lowest BCUT2D eigenvalue weighted by Crippen LogP contribution is -2.32. The molecule has 1 fully saturated rings. The molecule has 1 atom stereocenters. The van der Waals surface area contributed by atoms with Gasteiger partial charge >= 0.3 is 0 Å². The fourth-order valence-electron chi connectivity index (χ4n) is 3.89. The smallest absolute Gasteiger partial charge is 0.244 e. The minimum absolute atomic E-state index is 0.164. The quantitative estimate of drug-likeness (QED) is 0.442. The standard InChI is InChI=1S/C26H29N3O3S2/c1-20-11-13-22(14-12-20)28-26(30)25(21-9-5-4-6-10-21)33-24-16-15-23(19-27-24)34(31,32)29-17-7-2-3-8-18-29/h4-6,9-16,19,25H,2-3,7-8,17-18H2,1H3,(H,28,30). The number of aryl methyl sites for hydroxylation is 1. The van der Waals surface area contributed by atoms with Crippen LogP contribution in [0.2, 0.25) is 0 Å². The van der Waals surface area contributed by atoms with E-state index >= 15 is 0 Å². The van der Waals surface area contributed by atoms with Crippen LogP contribution in [0, 0.1) is 6.92 Å². The summed E-state index contributed by atoms with van der Waals surface area (Å²) < 4.78 is 27.7. The van der Waals surface area contributed by atoms with E-state index < -0.39 is 15.3 Å². The molecule has 2 aromatic carbocycles. The van der Waals surface area contributed by atoms with E-state index in [4.69, 9.17) is 0 Å². The summed E-state index contributed by atoms with van der Waals surface area (Å²) in [6, 6.07) is 20.4. The Kier molecular flexibility index (Phi) is 8.03. The maximum Gasteiger partial charge on any atom is 0.244 e. The molecular weight excluding hydrogens is 466 g/mol. The Morgan fingerprint density at radius 1 is 0.941 bits per heavy atom. The van der Waals surface area contributed by atoms with Gasteiger partial charge in [0.05, 0.1) is 5.03 Å². The third-order valence-electron chi connectivity index (χ3n) is 5.81. The second kappa shape index (κ2) is 11.2. The van der Waals surface area contributed by atoms with Gasteiger partial charge in [0.1, 0.15) is 10.1 Å². The number of benzene rings is 2. The number of carbonyl (C=O) groups excluding carboxylic acids is 1. The molecule has 178 valence electrons. The second-order valence-electron chi connectivity index (χ2n) is 8.41. The van der Waals surface area contributed by atoms with Gasteiger partial charge in [0.15, 0.2) is 0 Å². The van der Waals surface area contributed by atoms with Gasteiger partial charge in [-0.2, -0.15) is 4.31 Å². The van der Waals surface area contributed by atoms with E-state index in [1.54, 1.807) is 16.4 Å². The van der Waals surface area contributed by atoms with Gasteiger partial charge in [0.2, 0.25) is 15.9 Å². The molecule has 34 heavy (non-hydrogen) atoms. The number of hydrogen-bond donors (Lipinski definition) is 1. The topological polar surface area (TPSA) is 79.4 Å². The predicted octanol–water partition coefficient (Wildman–Crippen LogP) is 5.43. The van der Waals surface area contributed by atoms with Gasteiger partial charge < -0.3 is 5.32 Å². The molecule has 1 saturated heterocycles. The molecule has 0 spiro atoms. The number of pyridine rings is 1. The Labute approximate surface area is 205 Å². The molecule has 1 unspecified atom stereocenters. The monoisotopic (exact) mass is 495 g/mol. The highest BCUT2D eigenvalue weighted by molar-refractivity contribution is 8.00. The number of thioether (sulfide) groups is 1. The summed E-state index contributed by atoms with van der Waals surface area (Å²) >= 11 is 1.30. The average Bonchev–Trinajstić information content (AvgIpc) is 3.15. The van der Waals surface area contributed by atoms with E-state index in [-0.39, 0.29) is 10.8 Å². The summed E-state index contributed by atoms with van der Waals surface area (Å²) in [5, 5.41) is 3.03. The van der Waals surface area contributed by atoms with Crippen molar-refractivity contribution in [2.24, 2.45) is 0 Å². The molecule has 0 radical (unpaired) electrons. The van der Waals surface area contributed by atoms with Crippen LogP contribution >= 0.6 is 11.8 Å². The van der Waals surface area contributed by atoms with Gasteiger partial charge in [0, 0.05) is 25.0 Å². The summed E-state index contributed by atoms with van der Waals surface area (Å²) in [7, 11) is -3.56. The second-order valence-corrected chi connectivity index (χ2v) is 11.5. The number of carbonyl (C=O) groups is 1. The van der Waals surface area contributed by atoms with Crippen LogP contribution < -0.4 is 5.32 Å². The maximum absolute atomic E-state index is 13.2. The van der Waals surface area contributed by atoms with Crippen LogP contribution in [0.1, 0.15) is 42.1 Å². The van der Waals surface area contributed by atoms with Crippen molar-refractivity contribution < 1.29 is 13.2 Å². The van der Waals surface area contributed by atoms with Crippen LogP contribution in [0.3, 0.4) is 0 Å². The molecule has 4 rings (SSSR count). The number of hydrogen-bond acceptors (Lipinski definition) is 5. The SMILES string of the molecule is Cc1ccc(NC(=O)C(Sc2ccc(S(=O)(=O)N3CCCCCC3)cn2)c2ccccc2)cc1. The Bertz CT molecular complexity index is 1190. The number of aromatic nitrogens is 1. The molecule has 3 aromatic rings. The van der Waals surface area contributed by atoms with Crippen molar-refractivity contribution in [1.29, 1.82) is 0 Å². The molecule has 0 aliphatic carbocycles. The van der Waals surface area contributed by atoms with E-state index in [2.05, 4.69) is 10.3 Å². The number of amides is 1. The summed E-state index contributed by atoms with van der Waals surface area (Å²) in [6.45, 7) is 3.10. The largest absolute Gasteiger partial charge is 0.325 e. The Morgan fingerprint density at radius 2 is 1.62 bits per heavy atom. The van der Waals surface area contributed by atoms with Gasteiger partial charge in [0.25, 0.3) is 0 Å². The van der Waals surface area contributed by atoms with Gasteiger partial charge in [-0.05, 0) is 49.6 Å². The lowest BCUT2D eigenvalue weighted by Gasteiger charge is -2.20. The first kappa shape index (κ1) is 24.4. The molecule has 1 aromatic heterocycles. The van der Waals surface area contributed by atoms with Gasteiger partial charge in [-0.25, -0.2) is 13.4 Å². The summed E-state index contributed by atoms with van der Waals surface area (Å²) in [6.07, 6.45) is 5.30. The number of nitrogens with zero attached hydrogens (tertiary/aromatic N) is 2. The lowest BCUT2D eigenvalue weighted by molar-refractivity contribution is -0.115. The molecule has 0 saturated carbocycles. The van der Waals surface area contributed by atoms with E-state index in [1.165, 1.54) is 18.0 Å². The van der Waals surface area contributed by atoms with Crippen molar-refractivity contribution in [2.45, 2.75) is 47.8 Å². The molecule has 1 amide bonds. The zero-order chi connectivity index (χ0) is 24.0. The van der Waals surface area contributed by atoms with E-state index in [9.17, 15) is 13.2 Å². The van der Waals surface area contributed by atoms with Crippen LogP contribution in [0.15, 0.2) is 82.8 Å². The van der Waals surface area contributed by atoms with E-state index in [0.29, 0.717) is 18.1 Å². The fraction of sp³-hybridized carbons (Fsp3) is 0.308. The lowest BCUT2D eigenvalue weighted by atomic mass is 10.1. The highest BCUT2D eigenvalue weighted by atomic mass is 32.2. The number of rotatable bonds is 7. The predicted molar refractivity (Wildman–Crippen MR) is 136 cm³/mol. The first-order chi connectivity index (χ1) is 16.4. The van der Waals surface area contributed by atoms with Crippen LogP contribution in [-0.4, -0.2) is 36.7 Å². The third-order valence-corrected chi connectivity index (χ3v) is 8.90. The summed E-state index contributed by atoms with van der Waals surface area (Å²) in [4.78, 5) is 17.8. The zero-order valence-corrected chi connectivity index (χ0v) is 20.8. The fourth-order valence-corrected chi connectivity index (χ4v) is 6.31. The molecule has 2 heterocycles. The molecule has 6 nitrogen and oxygen atoms in total. The normalized spacial score (nSPS) is 15.9. The van der Waals surface area contributed by atoms with Crippen molar-refractivity contribution in [3.8, 4) is 0 Å². The highest BCUT2D eigenvalue weighted by Gasteiger charge is 2.27. The van der Waals surface area contributed by atoms with Crippen LogP contribution in [-0.2, 0) is 14.8 Å². The van der Waals surface area contributed by atoms with Crippen LogP contribution in [0.5, 0.6) is 0 Å². The van der Waals surface area contributed by atoms with Crippen LogP contribution in [0.25, 0.3) is 0 Å². The maximum atomic E-state index is 13.2. The Hall–Kier alpha value is -2.68. The number of anilines is 1.